The Kier molecular flexibility index (Phi) is 4.66. The van der Waals surface area contributed by atoms with Crippen molar-refractivity contribution in [3.8, 4) is 12.3 Å². The summed E-state index contributed by atoms with van der Waals surface area (Å²) in [5, 5.41) is 0. The van der Waals surface area contributed by atoms with Gasteiger partial charge in [0, 0.05) is 19.3 Å². The first-order valence-corrected chi connectivity index (χ1v) is 3.62. The number of carbonyl (C=O) groups is 1. The van der Waals surface area contributed by atoms with Crippen LogP contribution < -0.4 is 0 Å². The summed E-state index contributed by atoms with van der Waals surface area (Å²) in [6.45, 7) is 4.07. The monoisotopic (exact) mass is 138 g/mol. The SMILES string of the molecule is C#CCCC(=O)CC(C)C. The molecule has 0 heterocycles. The molecule has 0 atom stereocenters. The largest absolute Gasteiger partial charge is 0.300 e. The third kappa shape index (κ3) is 5.37. The lowest BCUT2D eigenvalue weighted by molar-refractivity contribution is -0.119. The molecule has 0 amide bonds. The number of ketones is 1. The van der Waals surface area contributed by atoms with Gasteiger partial charge in [0.2, 0.25) is 0 Å². The minimum absolute atomic E-state index is 0.285. The number of hydrogen-bond donors (Lipinski definition) is 0. The molecular formula is C9H14O. The maximum absolute atomic E-state index is 10.9. The molecule has 0 aliphatic rings. The second kappa shape index (κ2) is 5.05. The van der Waals surface area contributed by atoms with E-state index in [1.807, 2.05) is 13.8 Å². The average Bonchev–Trinajstić information content (AvgIpc) is 1.82. The van der Waals surface area contributed by atoms with Gasteiger partial charge in [-0.2, -0.15) is 0 Å². The fourth-order valence-corrected chi connectivity index (χ4v) is 0.769. The van der Waals surface area contributed by atoms with Crippen LogP contribution in [-0.2, 0) is 4.79 Å². The standard InChI is InChI=1S/C9H14O/c1-4-5-6-9(10)7-8(2)3/h1,8H,5-7H2,2-3H3. The molecule has 0 aromatic heterocycles. The van der Waals surface area contributed by atoms with Crippen molar-refractivity contribution >= 4 is 5.78 Å². The zero-order valence-electron chi connectivity index (χ0n) is 6.68. The fourth-order valence-electron chi connectivity index (χ4n) is 0.769. The molecule has 0 saturated heterocycles. The summed E-state index contributed by atoms with van der Waals surface area (Å²) >= 11 is 0. The Morgan fingerprint density at radius 1 is 1.60 bits per heavy atom. The van der Waals surface area contributed by atoms with Crippen LogP contribution in [0.1, 0.15) is 33.1 Å². The predicted molar refractivity (Wildman–Crippen MR) is 42.5 cm³/mol. The number of Topliss-reactive ketones (excluding diaryl/α,β-unsaturated/α-hetero) is 1. The first-order valence-electron chi connectivity index (χ1n) is 3.62. The summed E-state index contributed by atoms with van der Waals surface area (Å²) in [6.07, 6.45) is 6.81. The van der Waals surface area contributed by atoms with E-state index < -0.39 is 0 Å². The lowest BCUT2D eigenvalue weighted by Crippen LogP contribution is -2.01. The highest BCUT2D eigenvalue weighted by Gasteiger charge is 2.02. The molecule has 0 aromatic rings. The van der Waals surface area contributed by atoms with Crippen molar-refractivity contribution in [1.29, 1.82) is 0 Å². The number of rotatable bonds is 4. The predicted octanol–water partition coefficient (Wildman–Crippen LogP) is 2.01. The summed E-state index contributed by atoms with van der Waals surface area (Å²) in [5.74, 6) is 3.20. The Balaban J connectivity index is 3.37. The molecule has 0 unspecified atom stereocenters. The highest BCUT2D eigenvalue weighted by molar-refractivity contribution is 5.78. The lowest BCUT2D eigenvalue weighted by Gasteiger charge is -2.00. The molecule has 0 spiro atoms. The van der Waals surface area contributed by atoms with Crippen LogP contribution in [0, 0.1) is 18.3 Å². The Bertz CT molecular complexity index is 139. The fraction of sp³-hybridized carbons (Fsp3) is 0.667. The van der Waals surface area contributed by atoms with Crippen molar-refractivity contribution in [2.45, 2.75) is 33.1 Å². The van der Waals surface area contributed by atoms with Crippen LogP contribution >= 0.6 is 0 Å². The topological polar surface area (TPSA) is 17.1 Å². The van der Waals surface area contributed by atoms with E-state index in [9.17, 15) is 4.79 Å². The van der Waals surface area contributed by atoms with Crippen LogP contribution in [0.25, 0.3) is 0 Å². The van der Waals surface area contributed by atoms with Gasteiger partial charge < -0.3 is 0 Å². The Morgan fingerprint density at radius 3 is 2.60 bits per heavy atom. The van der Waals surface area contributed by atoms with Crippen LogP contribution in [0.5, 0.6) is 0 Å². The van der Waals surface area contributed by atoms with Crippen LogP contribution in [-0.4, -0.2) is 5.78 Å². The number of carbonyl (C=O) groups excluding carboxylic acids is 1. The van der Waals surface area contributed by atoms with Gasteiger partial charge in [-0.25, -0.2) is 0 Å². The highest BCUT2D eigenvalue weighted by Crippen LogP contribution is 2.03. The molecule has 0 rings (SSSR count). The smallest absolute Gasteiger partial charge is 0.134 e. The van der Waals surface area contributed by atoms with Crippen molar-refractivity contribution < 1.29 is 4.79 Å². The normalized spacial score (nSPS) is 9.40. The summed E-state index contributed by atoms with van der Waals surface area (Å²) in [5.41, 5.74) is 0. The van der Waals surface area contributed by atoms with Gasteiger partial charge in [0.15, 0.2) is 0 Å². The van der Waals surface area contributed by atoms with Gasteiger partial charge in [0.05, 0.1) is 0 Å². The van der Waals surface area contributed by atoms with Gasteiger partial charge in [0.1, 0.15) is 5.78 Å². The molecule has 0 saturated carbocycles. The van der Waals surface area contributed by atoms with Gasteiger partial charge in [-0.3, -0.25) is 4.79 Å². The van der Waals surface area contributed by atoms with Gasteiger partial charge in [0.25, 0.3) is 0 Å². The van der Waals surface area contributed by atoms with Crippen LogP contribution in [0.15, 0.2) is 0 Å². The quantitative estimate of drug-likeness (QED) is 0.543. The minimum atomic E-state index is 0.285. The molecule has 56 valence electrons. The van der Waals surface area contributed by atoms with E-state index in [1.165, 1.54) is 0 Å². The molecule has 10 heavy (non-hydrogen) atoms. The zero-order chi connectivity index (χ0) is 7.98. The van der Waals surface area contributed by atoms with E-state index >= 15 is 0 Å². The van der Waals surface area contributed by atoms with Crippen molar-refractivity contribution in [2.75, 3.05) is 0 Å². The molecule has 0 aliphatic heterocycles. The van der Waals surface area contributed by atoms with E-state index in [-0.39, 0.29) is 5.78 Å². The third-order valence-corrected chi connectivity index (χ3v) is 1.18. The van der Waals surface area contributed by atoms with Crippen molar-refractivity contribution in [3.05, 3.63) is 0 Å². The molecule has 0 aliphatic carbocycles. The van der Waals surface area contributed by atoms with E-state index in [0.29, 0.717) is 25.2 Å². The second-order valence-corrected chi connectivity index (χ2v) is 2.84. The van der Waals surface area contributed by atoms with Gasteiger partial charge in [-0.15, -0.1) is 12.3 Å². The molecule has 0 bridgehead atoms. The van der Waals surface area contributed by atoms with Gasteiger partial charge in [-0.1, -0.05) is 13.8 Å². The highest BCUT2D eigenvalue weighted by atomic mass is 16.1. The second-order valence-electron chi connectivity index (χ2n) is 2.84. The van der Waals surface area contributed by atoms with Gasteiger partial charge >= 0.3 is 0 Å². The Labute approximate surface area is 62.8 Å². The molecule has 0 N–H and O–H groups in total. The van der Waals surface area contributed by atoms with Crippen molar-refractivity contribution in [1.82, 2.24) is 0 Å². The first-order chi connectivity index (χ1) is 4.66. The minimum Gasteiger partial charge on any atom is -0.300 e. The zero-order valence-corrected chi connectivity index (χ0v) is 6.68. The summed E-state index contributed by atoms with van der Waals surface area (Å²) in [4.78, 5) is 10.9. The van der Waals surface area contributed by atoms with E-state index in [4.69, 9.17) is 6.42 Å². The summed E-state index contributed by atoms with van der Waals surface area (Å²) in [6, 6.07) is 0. The van der Waals surface area contributed by atoms with Crippen LogP contribution in [0.4, 0.5) is 0 Å². The first kappa shape index (κ1) is 9.23. The molecule has 1 nitrogen and oxygen atoms in total. The maximum atomic E-state index is 10.9. The number of hydrogen-bond acceptors (Lipinski definition) is 1. The Hall–Kier alpha value is -0.770. The summed E-state index contributed by atoms with van der Waals surface area (Å²) < 4.78 is 0. The molecule has 0 aromatic carbocycles. The van der Waals surface area contributed by atoms with Crippen LogP contribution in [0.2, 0.25) is 0 Å². The molecular weight excluding hydrogens is 124 g/mol. The third-order valence-electron chi connectivity index (χ3n) is 1.18. The van der Waals surface area contributed by atoms with E-state index in [2.05, 4.69) is 5.92 Å². The molecule has 0 fully saturated rings. The van der Waals surface area contributed by atoms with Crippen molar-refractivity contribution in [3.63, 3.8) is 0 Å². The van der Waals surface area contributed by atoms with Gasteiger partial charge in [-0.05, 0) is 5.92 Å². The lowest BCUT2D eigenvalue weighted by atomic mass is 10.0. The van der Waals surface area contributed by atoms with Crippen LogP contribution in [0.3, 0.4) is 0 Å². The Morgan fingerprint density at radius 2 is 2.20 bits per heavy atom. The maximum Gasteiger partial charge on any atom is 0.134 e. The molecule has 0 radical (unpaired) electrons. The molecule has 1 heteroatoms. The van der Waals surface area contributed by atoms with E-state index in [1.54, 1.807) is 0 Å². The van der Waals surface area contributed by atoms with Crippen molar-refractivity contribution in [2.24, 2.45) is 5.92 Å². The van der Waals surface area contributed by atoms with E-state index in [0.717, 1.165) is 0 Å². The number of terminal acetylenes is 1. The summed E-state index contributed by atoms with van der Waals surface area (Å²) in [7, 11) is 0. The average molecular weight is 138 g/mol.